The zero-order chi connectivity index (χ0) is 16.3. The second-order valence-electron chi connectivity index (χ2n) is 6.29. The summed E-state index contributed by atoms with van der Waals surface area (Å²) >= 11 is 0. The molecule has 23 heavy (non-hydrogen) atoms. The Bertz CT molecular complexity index is 806. The van der Waals surface area contributed by atoms with E-state index in [0.29, 0.717) is 13.0 Å². The van der Waals surface area contributed by atoms with Crippen LogP contribution in [0.5, 0.6) is 0 Å². The molecule has 0 spiro atoms. The maximum atomic E-state index is 12.2. The number of rotatable bonds is 5. The number of imidazole rings is 1. The van der Waals surface area contributed by atoms with Crippen LogP contribution in [-0.2, 0) is 16.9 Å². The summed E-state index contributed by atoms with van der Waals surface area (Å²) < 4.78 is 1.91. The number of fused-ring (bicyclic) bond motifs is 1. The first kappa shape index (κ1) is 15.3. The minimum absolute atomic E-state index is 0.0388. The Morgan fingerprint density at radius 1 is 1.17 bits per heavy atom. The fourth-order valence-electron chi connectivity index (χ4n) is 2.71. The van der Waals surface area contributed by atoms with Gasteiger partial charge in [-0.15, -0.1) is 0 Å². The first-order valence-corrected chi connectivity index (χ1v) is 7.81. The van der Waals surface area contributed by atoms with Gasteiger partial charge in [0.05, 0.1) is 11.9 Å². The lowest BCUT2D eigenvalue weighted by molar-refractivity contribution is -0.123. The normalized spacial score (nSPS) is 11.6. The molecule has 0 aliphatic rings. The van der Waals surface area contributed by atoms with Crippen LogP contribution in [0.1, 0.15) is 25.8 Å². The molecule has 4 nitrogen and oxygen atoms in total. The second kappa shape index (κ2) is 6.24. The van der Waals surface area contributed by atoms with E-state index in [4.69, 9.17) is 0 Å². The molecule has 0 saturated carbocycles. The molecule has 1 amide bonds. The Morgan fingerprint density at radius 3 is 2.70 bits per heavy atom. The Labute approximate surface area is 136 Å². The fourth-order valence-corrected chi connectivity index (χ4v) is 2.71. The number of nitrogens with one attached hydrogen (secondary N) is 1. The van der Waals surface area contributed by atoms with E-state index in [1.54, 1.807) is 12.5 Å². The van der Waals surface area contributed by atoms with Crippen LogP contribution in [0.25, 0.3) is 10.8 Å². The van der Waals surface area contributed by atoms with E-state index in [0.717, 1.165) is 5.56 Å². The number of carbonyl (C=O) groups is 1. The maximum Gasteiger partial charge on any atom is 0.222 e. The summed E-state index contributed by atoms with van der Waals surface area (Å²) in [5.74, 6) is 0.0388. The van der Waals surface area contributed by atoms with Crippen molar-refractivity contribution < 1.29 is 4.79 Å². The minimum atomic E-state index is -0.407. The van der Waals surface area contributed by atoms with E-state index in [1.807, 2.05) is 36.7 Å². The molecule has 0 saturated heterocycles. The van der Waals surface area contributed by atoms with Gasteiger partial charge in [-0.2, -0.15) is 0 Å². The van der Waals surface area contributed by atoms with Crippen molar-refractivity contribution in [1.82, 2.24) is 14.9 Å². The SMILES string of the molecule is CC(C)(NC(=O)CCn1ccnc1)c1ccc2ccccc2c1. The quantitative estimate of drug-likeness (QED) is 0.784. The van der Waals surface area contributed by atoms with Gasteiger partial charge in [-0.25, -0.2) is 4.98 Å². The average Bonchev–Trinajstić information content (AvgIpc) is 3.05. The largest absolute Gasteiger partial charge is 0.347 e. The minimum Gasteiger partial charge on any atom is -0.347 e. The van der Waals surface area contributed by atoms with Gasteiger partial charge < -0.3 is 9.88 Å². The number of amides is 1. The third-order valence-corrected chi connectivity index (χ3v) is 4.08. The molecule has 1 aromatic heterocycles. The smallest absolute Gasteiger partial charge is 0.222 e. The third-order valence-electron chi connectivity index (χ3n) is 4.08. The topological polar surface area (TPSA) is 46.9 Å². The first-order chi connectivity index (χ1) is 11.0. The zero-order valence-corrected chi connectivity index (χ0v) is 13.5. The van der Waals surface area contributed by atoms with Gasteiger partial charge >= 0.3 is 0 Å². The lowest BCUT2D eigenvalue weighted by atomic mass is 9.92. The van der Waals surface area contributed by atoms with Gasteiger partial charge in [-0.3, -0.25) is 4.79 Å². The number of hydrogen-bond acceptors (Lipinski definition) is 2. The number of benzene rings is 2. The first-order valence-electron chi connectivity index (χ1n) is 7.81. The van der Waals surface area contributed by atoms with E-state index < -0.39 is 5.54 Å². The number of carbonyl (C=O) groups excluding carboxylic acids is 1. The summed E-state index contributed by atoms with van der Waals surface area (Å²) in [5, 5.41) is 5.52. The summed E-state index contributed by atoms with van der Waals surface area (Å²) in [5.41, 5.74) is 0.697. The monoisotopic (exact) mass is 307 g/mol. The molecule has 2 aromatic carbocycles. The molecule has 0 bridgehead atoms. The lowest BCUT2D eigenvalue weighted by Crippen LogP contribution is -2.41. The highest BCUT2D eigenvalue weighted by molar-refractivity contribution is 5.83. The third kappa shape index (κ3) is 3.59. The maximum absolute atomic E-state index is 12.2. The van der Waals surface area contributed by atoms with Crippen molar-refractivity contribution in [2.45, 2.75) is 32.4 Å². The Hall–Kier alpha value is -2.62. The molecule has 0 aliphatic carbocycles. The molecule has 1 heterocycles. The van der Waals surface area contributed by atoms with Crippen LogP contribution < -0.4 is 5.32 Å². The predicted molar refractivity (Wildman–Crippen MR) is 92.0 cm³/mol. The van der Waals surface area contributed by atoms with Crippen molar-refractivity contribution in [1.29, 1.82) is 0 Å². The van der Waals surface area contributed by atoms with Gasteiger partial charge in [0.25, 0.3) is 0 Å². The fraction of sp³-hybridized carbons (Fsp3) is 0.263. The van der Waals surface area contributed by atoms with E-state index in [2.05, 4.69) is 40.6 Å². The standard InChI is InChI=1S/C19H21N3O/c1-19(2,21-18(23)9-11-22-12-10-20-14-22)17-8-7-15-5-3-4-6-16(15)13-17/h3-8,10,12-14H,9,11H2,1-2H3,(H,21,23). The van der Waals surface area contributed by atoms with Crippen molar-refractivity contribution >= 4 is 16.7 Å². The molecule has 3 rings (SSSR count). The zero-order valence-electron chi connectivity index (χ0n) is 13.5. The van der Waals surface area contributed by atoms with E-state index in [1.165, 1.54) is 10.8 Å². The van der Waals surface area contributed by atoms with Crippen LogP contribution in [0.3, 0.4) is 0 Å². The van der Waals surface area contributed by atoms with Crippen LogP contribution in [-0.4, -0.2) is 15.5 Å². The van der Waals surface area contributed by atoms with Crippen molar-refractivity contribution in [3.63, 3.8) is 0 Å². The van der Waals surface area contributed by atoms with Crippen molar-refractivity contribution in [3.05, 3.63) is 66.7 Å². The van der Waals surface area contributed by atoms with Gasteiger partial charge in [0.15, 0.2) is 0 Å². The molecule has 3 aromatic rings. The highest BCUT2D eigenvalue weighted by Crippen LogP contribution is 2.24. The summed E-state index contributed by atoms with van der Waals surface area (Å²) in [7, 11) is 0. The highest BCUT2D eigenvalue weighted by atomic mass is 16.1. The number of aryl methyl sites for hydroxylation is 1. The summed E-state index contributed by atoms with van der Waals surface area (Å²) in [6.07, 6.45) is 5.74. The molecule has 4 heteroatoms. The second-order valence-corrected chi connectivity index (χ2v) is 6.29. The van der Waals surface area contributed by atoms with Crippen LogP contribution >= 0.6 is 0 Å². The van der Waals surface area contributed by atoms with E-state index in [-0.39, 0.29) is 5.91 Å². The Morgan fingerprint density at radius 2 is 1.96 bits per heavy atom. The number of hydrogen-bond donors (Lipinski definition) is 1. The molecule has 1 N–H and O–H groups in total. The van der Waals surface area contributed by atoms with E-state index in [9.17, 15) is 4.79 Å². The van der Waals surface area contributed by atoms with Gasteiger partial charge in [0, 0.05) is 25.4 Å². The van der Waals surface area contributed by atoms with Crippen molar-refractivity contribution in [2.24, 2.45) is 0 Å². The molecule has 0 fully saturated rings. The molecule has 0 unspecified atom stereocenters. The molecule has 0 atom stereocenters. The lowest BCUT2D eigenvalue weighted by Gasteiger charge is -2.27. The van der Waals surface area contributed by atoms with Crippen LogP contribution in [0, 0.1) is 0 Å². The Kier molecular flexibility index (Phi) is 4.15. The summed E-state index contributed by atoms with van der Waals surface area (Å²) in [6.45, 7) is 4.71. The summed E-state index contributed by atoms with van der Waals surface area (Å²) in [4.78, 5) is 16.2. The van der Waals surface area contributed by atoms with Crippen LogP contribution in [0.2, 0.25) is 0 Å². The van der Waals surface area contributed by atoms with Crippen LogP contribution in [0.4, 0.5) is 0 Å². The average molecular weight is 307 g/mol. The Balaban J connectivity index is 1.70. The van der Waals surface area contributed by atoms with Gasteiger partial charge in [0.2, 0.25) is 5.91 Å². The van der Waals surface area contributed by atoms with Gasteiger partial charge in [-0.05, 0) is 36.2 Å². The molecule has 118 valence electrons. The molecular formula is C19H21N3O. The van der Waals surface area contributed by atoms with Crippen LogP contribution in [0.15, 0.2) is 61.2 Å². The molecule has 0 aliphatic heterocycles. The number of nitrogens with zero attached hydrogens (tertiary/aromatic N) is 2. The molecular weight excluding hydrogens is 286 g/mol. The predicted octanol–water partition coefficient (Wildman–Crippen LogP) is 3.48. The highest BCUT2D eigenvalue weighted by Gasteiger charge is 2.22. The van der Waals surface area contributed by atoms with E-state index >= 15 is 0 Å². The number of aromatic nitrogens is 2. The van der Waals surface area contributed by atoms with Crippen molar-refractivity contribution in [2.75, 3.05) is 0 Å². The van der Waals surface area contributed by atoms with Crippen molar-refractivity contribution in [3.8, 4) is 0 Å². The van der Waals surface area contributed by atoms with Gasteiger partial charge in [0.1, 0.15) is 0 Å². The molecule has 0 radical (unpaired) electrons. The summed E-state index contributed by atoms with van der Waals surface area (Å²) in [6, 6.07) is 14.6. The van der Waals surface area contributed by atoms with Gasteiger partial charge in [-0.1, -0.05) is 36.4 Å².